The van der Waals surface area contributed by atoms with Crippen LogP contribution in [0.15, 0.2) is 58.5 Å². The number of carbonyl (C=O) groups excluding carboxylic acids is 1. The summed E-state index contributed by atoms with van der Waals surface area (Å²) in [5, 5.41) is 5.20. The summed E-state index contributed by atoms with van der Waals surface area (Å²) in [5.74, 6) is -0.131. The number of carbonyl (C=O) groups is 1. The minimum Gasteiger partial charge on any atom is -0.324 e. The van der Waals surface area contributed by atoms with Crippen molar-refractivity contribution in [1.82, 2.24) is 0 Å². The molecule has 0 aromatic heterocycles. The fraction of sp³-hybridized carbons (Fsp3) is 0.0625. The lowest BCUT2D eigenvalue weighted by molar-refractivity contribution is -0.114. The maximum absolute atomic E-state index is 11.8. The molecule has 0 aliphatic carbocycles. The highest BCUT2D eigenvalue weighted by atomic mass is 32.1. The van der Waals surface area contributed by atoms with Gasteiger partial charge in [-0.05, 0) is 30.4 Å². The summed E-state index contributed by atoms with van der Waals surface area (Å²) in [5.41, 5.74) is 3.97. The Morgan fingerprint density at radius 2 is 2.00 bits per heavy atom. The van der Waals surface area contributed by atoms with Gasteiger partial charge in [-0.3, -0.25) is 9.79 Å². The number of amides is 1. The molecule has 5 heteroatoms. The molecule has 102 valence electrons. The molecule has 0 atom stereocenters. The van der Waals surface area contributed by atoms with E-state index in [-0.39, 0.29) is 12.5 Å². The standard InChI is InChI=1S/C16H11N3OS/c20-15-9-17-16(11-4-2-1-3-5-11)13-8-12(18-10-21)6-7-14(13)19-15/h1-8H,9H2,(H,19,20). The maximum atomic E-state index is 11.8. The van der Waals surface area contributed by atoms with Crippen LogP contribution in [0, 0.1) is 0 Å². The molecular formula is C16H11N3OS. The smallest absolute Gasteiger partial charge is 0.246 e. The zero-order chi connectivity index (χ0) is 14.7. The molecule has 3 rings (SSSR count). The molecule has 1 aliphatic rings. The Hall–Kier alpha value is -2.62. The number of anilines is 1. The van der Waals surface area contributed by atoms with Crippen molar-refractivity contribution < 1.29 is 4.79 Å². The first kappa shape index (κ1) is 13.4. The van der Waals surface area contributed by atoms with E-state index < -0.39 is 0 Å². The van der Waals surface area contributed by atoms with Gasteiger partial charge in [0.1, 0.15) is 6.54 Å². The second kappa shape index (κ2) is 5.79. The lowest BCUT2D eigenvalue weighted by Crippen LogP contribution is -2.13. The molecule has 0 spiro atoms. The molecule has 1 aliphatic heterocycles. The summed E-state index contributed by atoms with van der Waals surface area (Å²) in [6, 6.07) is 15.2. The van der Waals surface area contributed by atoms with Gasteiger partial charge < -0.3 is 5.32 Å². The second-order valence-corrected chi connectivity index (χ2v) is 4.69. The van der Waals surface area contributed by atoms with Crippen molar-refractivity contribution in [3.8, 4) is 0 Å². The molecule has 0 saturated carbocycles. The van der Waals surface area contributed by atoms with E-state index in [2.05, 4.69) is 32.7 Å². The van der Waals surface area contributed by atoms with E-state index in [1.54, 1.807) is 6.07 Å². The van der Waals surface area contributed by atoms with Crippen molar-refractivity contribution in [1.29, 1.82) is 0 Å². The van der Waals surface area contributed by atoms with E-state index in [4.69, 9.17) is 0 Å². The summed E-state index contributed by atoms with van der Waals surface area (Å²) in [4.78, 5) is 20.2. The first-order valence-electron chi connectivity index (χ1n) is 6.40. The summed E-state index contributed by atoms with van der Waals surface area (Å²) in [6.45, 7) is 0.102. The molecule has 0 bridgehead atoms. The number of benzodiazepines with no additional fused rings is 1. The average Bonchev–Trinajstić information content (AvgIpc) is 2.67. The van der Waals surface area contributed by atoms with Crippen LogP contribution in [0.25, 0.3) is 0 Å². The SMILES string of the molecule is O=C1CN=C(c2ccccc2)c2cc(N=C=S)ccc2N1. The van der Waals surface area contributed by atoms with Crippen LogP contribution >= 0.6 is 12.2 Å². The molecule has 2 aromatic rings. The third kappa shape index (κ3) is 2.79. The van der Waals surface area contributed by atoms with Gasteiger partial charge in [-0.15, -0.1) is 0 Å². The Morgan fingerprint density at radius 1 is 1.19 bits per heavy atom. The fourth-order valence-electron chi connectivity index (χ4n) is 2.23. The van der Waals surface area contributed by atoms with Crippen LogP contribution in [0.5, 0.6) is 0 Å². The maximum Gasteiger partial charge on any atom is 0.246 e. The van der Waals surface area contributed by atoms with Crippen molar-refractivity contribution in [2.45, 2.75) is 0 Å². The molecular weight excluding hydrogens is 282 g/mol. The number of nitrogens with zero attached hydrogens (tertiary/aromatic N) is 2. The zero-order valence-electron chi connectivity index (χ0n) is 11.0. The number of isothiocyanates is 1. The number of thiocarbonyl (C=S) groups is 1. The number of aliphatic imine (C=N–C) groups is 2. The topological polar surface area (TPSA) is 53.8 Å². The molecule has 1 heterocycles. The van der Waals surface area contributed by atoms with Gasteiger partial charge in [-0.1, -0.05) is 30.3 Å². The molecule has 1 amide bonds. The van der Waals surface area contributed by atoms with Crippen molar-refractivity contribution in [2.75, 3.05) is 11.9 Å². The van der Waals surface area contributed by atoms with E-state index in [1.165, 1.54) is 0 Å². The summed E-state index contributed by atoms with van der Waals surface area (Å²) < 4.78 is 0. The Morgan fingerprint density at radius 3 is 2.76 bits per heavy atom. The van der Waals surface area contributed by atoms with Crippen molar-refractivity contribution in [2.24, 2.45) is 9.98 Å². The Labute approximate surface area is 127 Å². The van der Waals surface area contributed by atoms with Crippen LogP contribution in [0.2, 0.25) is 0 Å². The van der Waals surface area contributed by atoms with Crippen LogP contribution in [0.4, 0.5) is 11.4 Å². The molecule has 0 radical (unpaired) electrons. The number of benzene rings is 2. The zero-order valence-corrected chi connectivity index (χ0v) is 11.9. The van der Waals surface area contributed by atoms with E-state index in [9.17, 15) is 4.79 Å². The minimum absolute atomic E-state index is 0.102. The molecule has 1 N–H and O–H groups in total. The highest BCUT2D eigenvalue weighted by Gasteiger charge is 2.18. The first-order valence-corrected chi connectivity index (χ1v) is 6.81. The quantitative estimate of drug-likeness (QED) is 0.683. The minimum atomic E-state index is -0.131. The van der Waals surface area contributed by atoms with Gasteiger partial charge in [0.2, 0.25) is 5.91 Å². The third-order valence-corrected chi connectivity index (χ3v) is 3.23. The predicted octanol–water partition coefficient (Wildman–Crippen LogP) is 3.21. The van der Waals surface area contributed by atoms with E-state index in [0.717, 1.165) is 22.5 Å². The lowest BCUT2D eigenvalue weighted by Gasteiger charge is -2.10. The molecule has 0 fully saturated rings. The number of fused-ring (bicyclic) bond motifs is 1. The van der Waals surface area contributed by atoms with Crippen LogP contribution < -0.4 is 5.32 Å². The lowest BCUT2D eigenvalue weighted by atomic mass is 10.00. The van der Waals surface area contributed by atoms with Crippen molar-refractivity contribution in [3.63, 3.8) is 0 Å². The van der Waals surface area contributed by atoms with Crippen molar-refractivity contribution in [3.05, 3.63) is 59.7 Å². The normalized spacial score (nSPS) is 13.3. The molecule has 0 saturated heterocycles. The molecule has 0 unspecified atom stereocenters. The van der Waals surface area contributed by atoms with Crippen molar-refractivity contribution >= 4 is 40.4 Å². The molecule has 21 heavy (non-hydrogen) atoms. The van der Waals surface area contributed by atoms with Gasteiger partial charge in [-0.25, -0.2) is 0 Å². The highest BCUT2D eigenvalue weighted by molar-refractivity contribution is 7.78. The molecule has 4 nitrogen and oxygen atoms in total. The summed E-state index contributed by atoms with van der Waals surface area (Å²) in [6.07, 6.45) is 0. The number of rotatable bonds is 2. The first-order chi connectivity index (χ1) is 10.3. The summed E-state index contributed by atoms with van der Waals surface area (Å²) >= 11 is 4.64. The third-order valence-electron chi connectivity index (χ3n) is 3.14. The van der Waals surface area contributed by atoms with Gasteiger partial charge in [0.15, 0.2) is 0 Å². The van der Waals surface area contributed by atoms with E-state index in [1.807, 2.05) is 42.5 Å². The Bertz CT molecular complexity index is 777. The average molecular weight is 293 g/mol. The Kier molecular flexibility index (Phi) is 3.69. The predicted molar refractivity (Wildman–Crippen MR) is 86.7 cm³/mol. The van der Waals surface area contributed by atoms with Gasteiger partial charge in [0, 0.05) is 11.1 Å². The van der Waals surface area contributed by atoms with E-state index >= 15 is 0 Å². The number of hydrogen-bond donors (Lipinski definition) is 1. The Balaban J connectivity index is 2.20. The van der Waals surface area contributed by atoms with Crippen LogP contribution in [-0.4, -0.2) is 23.3 Å². The van der Waals surface area contributed by atoms with Crippen LogP contribution in [0.1, 0.15) is 11.1 Å². The second-order valence-electron chi connectivity index (χ2n) is 4.51. The number of hydrogen-bond acceptors (Lipinski definition) is 4. The van der Waals surface area contributed by atoms with Gasteiger partial charge in [-0.2, -0.15) is 4.99 Å². The van der Waals surface area contributed by atoms with Gasteiger partial charge in [0.25, 0.3) is 0 Å². The largest absolute Gasteiger partial charge is 0.324 e. The monoisotopic (exact) mass is 293 g/mol. The fourth-order valence-corrected chi connectivity index (χ4v) is 2.33. The van der Waals surface area contributed by atoms with E-state index in [0.29, 0.717) is 5.69 Å². The molecule has 2 aromatic carbocycles. The van der Waals surface area contributed by atoms with Crippen LogP contribution in [-0.2, 0) is 4.79 Å². The summed E-state index contributed by atoms with van der Waals surface area (Å²) in [7, 11) is 0. The van der Waals surface area contributed by atoms with Gasteiger partial charge in [0.05, 0.1) is 22.2 Å². The highest BCUT2D eigenvalue weighted by Crippen LogP contribution is 2.27. The van der Waals surface area contributed by atoms with Crippen LogP contribution in [0.3, 0.4) is 0 Å². The van der Waals surface area contributed by atoms with Gasteiger partial charge >= 0.3 is 0 Å². The number of nitrogens with one attached hydrogen (secondary N) is 1.